The smallest absolute Gasteiger partial charge is 0.223 e. The summed E-state index contributed by atoms with van der Waals surface area (Å²) in [5.74, 6) is 0.102. The molecule has 5 nitrogen and oxygen atoms in total. The molecular weight excluding hydrogens is 216 g/mol. The van der Waals surface area contributed by atoms with E-state index in [0.717, 1.165) is 5.56 Å². The highest BCUT2D eigenvalue weighted by molar-refractivity contribution is 5.75. The molecule has 1 heterocycles. The summed E-state index contributed by atoms with van der Waals surface area (Å²) in [5.41, 5.74) is 1.41. The van der Waals surface area contributed by atoms with Crippen molar-refractivity contribution in [3.05, 3.63) is 29.6 Å². The summed E-state index contributed by atoms with van der Waals surface area (Å²) < 4.78 is 0. The van der Waals surface area contributed by atoms with Crippen LogP contribution in [0.25, 0.3) is 0 Å². The van der Waals surface area contributed by atoms with Crippen LogP contribution in [0.4, 0.5) is 0 Å². The maximum atomic E-state index is 11.3. The number of nitrogens with zero attached hydrogens (tertiary/aromatic N) is 3. The molecule has 1 aromatic heterocycles. The highest BCUT2D eigenvalue weighted by Crippen LogP contribution is 2.00. The Morgan fingerprint density at radius 3 is 3.00 bits per heavy atom. The fraction of sp³-hybridized carbons (Fsp3) is 0.417. The molecule has 5 heteroatoms. The van der Waals surface area contributed by atoms with Crippen molar-refractivity contribution in [2.45, 2.75) is 13.0 Å². The van der Waals surface area contributed by atoms with Crippen molar-refractivity contribution < 1.29 is 4.79 Å². The Kier molecular flexibility index (Phi) is 5.11. The number of pyridine rings is 1. The minimum absolute atomic E-state index is 0.102. The molecule has 1 N–H and O–H groups in total. The first-order valence-electron chi connectivity index (χ1n) is 5.39. The molecule has 1 aromatic rings. The molecule has 90 valence electrons. The second-order valence-corrected chi connectivity index (χ2v) is 3.88. The van der Waals surface area contributed by atoms with Crippen molar-refractivity contribution in [3.8, 4) is 6.07 Å². The number of carbonyl (C=O) groups excluding carboxylic acids is 1. The van der Waals surface area contributed by atoms with E-state index in [1.165, 1.54) is 0 Å². The van der Waals surface area contributed by atoms with Gasteiger partial charge in [0, 0.05) is 39.8 Å². The van der Waals surface area contributed by atoms with Gasteiger partial charge in [-0.05, 0) is 17.7 Å². The van der Waals surface area contributed by atoms with Crippen LogP contribution in [0.2, 0.25) is 0 Å². The number of hydrogen-bond acceptors (Lipinski definition) is 4. The first-order chi connectivity index (χ1) is 8.13. The predicted molar refractivity (Wildman–Crippen MR) is 64.0 cm³/mol. The Hall–Kier alpha value is -1.93. The fourth-order valence-corrected chi connectivity index (χ4v) is 1.30. The van der Waals surface area contributed by atoms with Gasteiger partial charge in [0.05, 0.1) is 0 Å². The van der Waals surface area contributed by atoms with E-state index in [1.807, 2.05) is 12.1 Å². The molecule has 17 heavy (non-hydrogen) atoms. The Morgan fingerprint density at radius 2 is 2.35 bits per heavy atom. The number of nitriles is 1. The number of nitrogens with one attached hydrogen (secondary N) is 1. The third-order valence-corrected chi connectivity index (χ3v) is 2.28. The van der Waals surface area contributed by atoms with Gasteiger partial charge in [0.25, 0.3) is 0 Å². The Bertz CT molecular complexity index is 423. The lowest BCUT2D eigenvalue weighted by Gasteiger charge is -2.10. The summed E-state index contributed by atoms with van der Waals surface area (Å²) in [6.45, 7) is 1.26. The standard InChI is InChI=1S/C12H16N4O/c1-16(2)12(17)4-5-14-9-10-3-6-15-11(7-10)8-13/h3,6-7,14H,4-5,9H2,1-2H3. The van der Waals surface area contributed by atoms with Crippen molar-refractivity contribution in [2.24, 2.45) is 0 Å². The van der Waals surface area contributed by atoms with Gasteiger partial charge in [0.15, 0.2) is 0 Å². The fourth-order valence-electron chi connectivity index (χ4n) is 1.30. The van der Waals surface area contributed by atoms with E-state index in [0.29, 0.717) is 25.2 Å². The number of aromatic nitrogens is 1. The van der Waals surface area contributed by atoms with Crippen LogP contribution < -0.4 is 5.32 Å². The second-order valence-electron chi connectivity index (χ2n) is 3.88. The lowest BCUT2D eigenvalue weighted by atomic mass is 10.2. The molecule has 0 saturated heterocycles. The summed E-state index contributed by atoms with van der Waals surface area (Å²) in [7, 11) is 3.48. The maximum absolute atomic E-state index is 11.3. The number of hydrogen-bond donors (Lipinski definition) is 1. The highest BCUT2D eigenvalue weighted by atomic mass is 16.2. The zero-order chi connectivity index (χ0) is 12.7. The molecule has 0 radical (unpaired) electrons. The van der Waals surface area contributed by atoms with E-state index in [2.05, 4.69) is 10.3 Å². The Morgan fingerprint density at radius 1 is 1.59 bits per heavy atom. The molecular formula is C12H16N4O. The van der Waals surface area contributed by atoms with Crippen LogP contribution in [0, 0.1) is 11.3 Å². The summed E-state index contributed by atoms with van der Waals surface area (Å²) in [6, 6.07) is 5.58. The maximum Gasteiger partial charge on any atom is 0.223 e. The van der Waals surface area contributed by atoms with E-state index in [9.17, 15) is 4.79 Å². The average Bonchev–Trinajstić information content (AvgIpc) is 2.34. The molecule has 0 spiro atoms. The SMILES string of the molecule is CN(C)C(=O)CCNCc1ccnc(C#N)c1. The molecule has 0 saturated carbocycles. The zero-order valence-corrected chi connectivity index (χ0v) is 10.1. The molecule has 0 aliphatic carbocycles. The largest absolute Gasteiger partial charge is 0.349 e. The zero-order valence-electron chi connectivity index (χ0n) is 10.1. The van der Waals surface area contributed by atoms with Gasteiger partial charge in [0.2, 0.25) is 5.91 Å². The molecule has 1 rings (SSSR count). The van der Waals surface area contributed by atoms with E-state index in [1.54, 1.807) is 31.3 Å². The van der Waals surface area contributed by atoms with Crippen molar-refractivity contribution in [1.29, 1.82) is 5.26 Å². The highest BCUT2D eigenvalue weighted by Gasteiger charge is 2.02. The van der Waals surface area contributed by atoms with Crippen LogP contribution >= 0.6 is 0 Å². The molecule has 0 aliphatic heterocycles. The van der Waals surface area contributed by atoms with Gasteiger partial charge in [0.1, 0.15) is 11.8 Å². The number of amides is 1. The van der Waals surface area contributed by atoms with Gasteiger partial charge < -0.3 is 10.2 Å². The monoisotopic (exact) mass is 232 g/mol. The van der Waals surface area contributed by atoms with Gasteiger partial charge in [-0.1, -0.05) is 0 Å². The summed E-state index contributed by atoms with van der Waals surface area (Å²) in [5, 5.41) is 11.8. The molecule has 0 aliphatic rings. The van der Waals surface area contributed by atoms with Gasteiger partial charge in [-0.25, -0.2) is 4.98 Å². The molecule has 0 aromatic carbocycles. The lowest BCUT2D eigenvalue weighted by Crippen LogP contribution is -2.26. The van der Waals surface area contributed by atoms with E-state index >= 15 is 0 Å². The van der Waals surface area contributed by atoms with Crippen LogP contribution in [0.15, 0.2) is 18.3 Å². The summed E-state index contributed by atoms with van der Waals surface area (Å²) >= 11 is 0. The molecule has 0 fully saturated rings. The van der Waals surface area contributed by atoms with E-state index in [4.69, 9.17) is 5.26 Å². The topological polar surface area (TPSA) is 69.0 Å². The quantitative estimate of drug-likeness (QED) is 0.751. The van der Waals surface area contributed by atoms with Crippen LogP contribution in [-0.2, 0) is 11.3 Å². The van der Waals surface area contributed by atoms with Gasteiger partial charge in [-0.15, -0.1) is 0 Å². The number of rotatable bonds is 5. The van der Waals surface area contributed by atoms with Crippen LogP contribution in [0.5, 0.6) is 0 Å². The molecule has 0 atom stereocenters. The van der Waals surface area contributed by atoms with Crippen molar-refractivity contribution in [3.63, 3.8) is 0 Å². The average molecular weight is 232 g/mol. The third-order valence-electron chi connectivity index (χ3n) is 2.28. The van der Waals surface area contributed by atoms with E-state index in [-0.39, 0.29) is 5.91 Å². The third kappa shape index (κ3) is 4.62. The molecule has 0 unspecified atom stereocenters. The van der Waals surface area contributed by atoms with Gasteiger partial charge >= 0.3 is 0 Å². The normalized spacial score (nSPS) is 9.71. The van der Waals surface area contributed by atoms with Gasteiger partial charge in [-0.2, -0.15) is 5.26 Å². The predicted octanol–water partition coefficient (Wildman–Crippen LogP) is 0.521. The summed E-state index contributed by atoms with van der Waals surface area (Å²) in [4.78, 5) is 16.7. The van der Waals surface area contributed by atoms with E-state index < -0.39 is 0 Å². The lowest BCUT2D eigenvalue weighted by molar-refractivity contribution is -0.128. The van der Waals surface area contributed by atoms with Crippen molar-refractivity contribution >= 4 is 5.91 Å². The Balaban J connectivity index is 2.31. The van der Waals surface area contributed by atoms with Gasteiger partial charge in [-0.3, -0.25) is 4.79 Å². The number of carbonyl (C=O) groups is 1. The Labute approximate surface area is 101 Å². The minimum Gasteiger partial charge on any atom is -0.349 e. The first kappa shape index (κ1) is 13.1. The molecule has 0 bridgehead atoms. The molecule has 1 amide bonds. The van der Waals surface area contributed by atoms with Crippen molar-refractivity contribution in [1.82, 2.24) is 15.2 Å². The van der Waals surface area contributed by atoms with Crippen molar-refractivity contribution in [2.75, 3.05) is 20.6 Å². The second kappa shape index (κ2) is 6.61. The van der Waals surface area contributed by atoms with Crippen LogP contribution in [0.3, 0.4) is 0 Å². The minimum atomic E-state index is 0.102. The first-order valence-corrected chi connectivity index (χ1v) is 5.39. The summed E-state index contributed by atoms with van der Waals surface area (Å²) in [6.07, 6.45) is 2.09. The van der Waals surface area contributed by atoms with Crippen LogP contribution in [0.1, 0.15) is 17.7 Å². The van der Waals surface area contributed by atoms with Crippen LogP contribution in [-0.4, -0.2) is 36.4 Å².